The second-order valence-corrected chi connectivity index (χ2v) is 4.15. The van der Waals surface area contributed by atoms with Crippen LogP contribution in [0.5, 0.6) is 5.75 Å². The molecule has 0 radical (unpaired) electrons. The molecule has 2 rings (SSSR count). The fraction of sp³-hybridized carbons (Fsp3) is 0.133. The lowest BCUT2D eigenvalue weighted by Gasteiger charge is -2.10. The minimum atomic E-state index is -1.10. The molecule has 0 atom stereocenters. The van der Waals surface area contributed by atoms with Crippen molar-refractivity contribution in [2.45, 2.75) is 6.92 Å². The first-order chi connectivity index (χ1) is 10.1. The number of carbonyl (C=O) groups excluding carboxylic acids is 1. The van der Waals surface area contributed by atoms with E-state index in [0.717, 1.165) is 0 Å². The number of amides is 1. The number of anilines is 1. The van der Waals surface area contributed by atoms with E-state index in [1.54, 1.807) is 24.3 Å². The molecule has 0 aliphatic carbocycles. The van der Waals surface area contributed by atoms with Crippen molar-refractivity contribution in [3.05, 3.63) is 53.9 Å². The Kier molecular flexibility index (Phi) is 4.50. The first kappa shape index (κ1) is 14.5. The monoisotopic (exact) mass is 286 g/mol. The molecule has 0 unspecified atom stereocenters. The van der Waals surface area contributed by atoms with Crippen molar-refractivity contribution in [1.29, 1.82) is 0 Å². The quantitative estimate of drug-likeness (QED) is 0.881. The predicted molar refractivity (Wildman–Crippen MR) is 76.8 cm³/mol. The van der Waals surface area contributed by atoms with Crippen LogP contribution in [0.4, 0.5) is 5.69 Å². The molecule has 0 spiro atoms. The minimum Gasteiger partial charge on any atom is -0.493 e. The number of hydrogen-bond donors (Lipinski definition) is 2. The molecule has 2 N–H and O–H groups in total. The SMILES string of the molecule is CCOc1ccccc1C(=O)Nc1cncc(C(=O)O)c1. The summed E-state index contributed by atoms with van der Waals surface area (Å²) in [6.45, 7) is 2.27. The Balaban J connectivity index is 2.22. The number of carbonyl (C=O) groups is 2. The summed E-state index contributed by atoms with van der Waals surface area (Å²) < 4.78 is 5.39. The summed E-state index contributed by atoms with van der Waals surface area (Å²) in [5, 5.41) is 11.5. The number of carboxylic acids is 1. The molecule has 6 nitrogen and oxygen atoms in total. The van der Waals surface area contributed by atoms with Crippen molar-refractivity contribution in [3.63, 3.8) is 0 Å². The van der Waals surface area contributed by atoms with Gasteiger partial charge in [0.15, 0.2) is 0 Å². The summed E-state index contributed by atoms with van der Waals surface area (Å²) in [6, 6.07) is 8.17. The van der Waals surface area contributed by atoms with Crippen LogP contribution in [0.3, 0.4) is 0 Å². The van der Waals surface area contributed by atoms with E-state index >= 15 is 0 Å². The van der Waals surface area contributed by atoms with E-state index in [9.17, 15) is 9.59 Å². The summed E-state index contributed by atoms with van der Waals surface area (Å²) in [7, 11) is 0. The van der Waals surface area contributed by atoms with Crippen LogP contribution in [0.2, 0.25) is 0 Å². The van der Waals surface area contributed by atoms with Crippen molar-refractivity contribution in [2.75, 3.05) is 11.9 Å². The smallest absolute Gasteiger partial charge is 0.337 e. The normalized spacial score (nSPS) is 9.95. The number of para-hydroxylation sites is 1. The van der Waals surface area contributed by atoms with Crippen LogP contribution >= 0.6 is 0 Å². The third kappa shape index (κ3) is 3.56. The Morgan fingerprint density at radius 3 is 2.76 bits per heavy atom. The standard InChI is InChI=1S/C15H14N2O4/c1-2-21-13-6-4-3-5-12(13)14(18)17-11-7-10(15(19)20)8-16-9-11/h3-9H,2H2,1H3,(H,17,18)(H,19,20). The lowest BCUT2D eigenvalue weighted by molar-refractivity contribution is 0.0696. The fourth-order valence-electron chi connectivity index (χ4n) is 1.76. The molecule has 0 bridgehead atoms. The first-order valence-corrected chi connectivity index (χ1v) is 6.33. The first-order valence-electron chi connectivity index (χ1n) is 6.33. The van der Waals surface area contributed by atoms with E-state index in [1.807, 2.05) is 6.92 Å². The largest absolute Gasteiger partial charge is 0.493 e. The molecule has 1 amide bonds. The predicted octanol–water partition coefficient (Wildman–Crippen LogP) is 2.43. The van der Waals surface area contributed by atoms with Crippen LogP contribution in [-0.2, 0) is 0 Å². The molecule has 1 aromatic heterocycles. The third-order valence-corrected chi connectivity index (χ3v) is 2.67. The molecule has 6 heteroatoms. The zero-order valence-corrected chi connectivity index (χ0v) is 11.4. The summed E-state index contributed by atoms with van der Waals surface area (Å²) in [5.74, 6) is -1.02. The number of ether oxygens (including phenoxy) is 1. The second kappa shape index (κ2) is 6.51. The third-order valence-electron chi connectivity index (χ3n) is 2.67. The maximum Gasteiger partial charge on any atom is 0.337 e. The van der Waals surface area contributed by atoms with Gasteiger partial charge in [0, 0.05) is 6.20 Å². The van der Waals surface area contributed by atoms with Crippen LogP contribution in [0.15, 0.2) is 42.7 Å². The zero-order valence-electron chi connectivity index (χ0n) is 11.4. The van der Waals surface area contributed by atoms with Crippen LogP contribution in [0.25, 0.3) is 0 Å². The summed E-state index contributed by atoms with van der Waals surface area (Å²) >= 11 is 0. The lowest BCUT2D eigenvalue weighted by Crippen LogP contribution is -2.14. The molecule has 0 aliphatic heterocycles. The molecule has 1 heterocycles. The van der Waals surface area contributed by atoms with Crippen molar-refractivity contribution >= 4 is 17.6 Å². The van der Waals surface area contributed by atoms with Crippen LogP contribution in [-0.4, -0.2) is 28.6 Å². The minimum absolute atomic E-state index is 0.00546. The number of aromatic nitrogens is 1. The highest BCUT2D eigenvalue weighted by Crippen LogP contribution is 2.19. The van der Waals surface area contributed by atoms with Crippen LogP contribution < -0.4 is 10.1 Å². The van der Waals surface area contributed by atoms with Gasteiger partial charge in [0.1, 0.15) is 5.75 Å². The molecular formula is C15H14N2O4. The van der Waals surface area contributed by atoms with Gasteiger partial charge in [-0.3, -0.25) is 9.78 Å². The fourth-order valence-corrected chi connectivity index (χ4v) is 1.76. The number of benzene rings is 1. The van der Waals surface area contributed by atoms with Crippen molar-refractivity contribution in [2.24, 2.45) is 0 Å². The van der Waals surface area contributed by atoms with Gasteiger partial charge in [0.25, 0.3) is 5.91 Å². The number of nitrogens with zero attached hydrogens (tertiary/aromatic N) is 1. The number of aromatic carboxylic acids is 1. The molecule has 0 fully saturated rings. The maximum atomic E-state index is 12.2. The molecular weight excluding hydrogens is 272 g/mol. The second-order valence-electron chi connectivity index (χ2n) is 4.15. The molecule has 1 aromatic carbocycles. The average molecular weight is 286 g/mol. The van der Waals surface area contributed by atoms with Gasteiger partial charge in [-0.05, 0) is 25.1 Å². The number of nitrogens with one attached hydrogen (secondary N) is 1. The van der Waals surface area contributed by atoms with Gasteiger partial charge >= 0.3 is 5.97 Å². The highest BCUT2D eigenvalue weighted by Gasteiger charge is 2.13. The summed E-state index contributed by atoms with van der Waals surface area (Å²) in [5.41, 5.74) is 0.692. The van der Waals surface area contributed by atoms with Crippen molar-refractivity contribution in [3.8, 4) is 5.75 Å². The van der Waals surface area contributed by atoms with Crippen LogP contribution in [0, 0.1) is 0 Å². The number of hydrogen-bond acceptors (Lipinski definition) is 4. The maximum absolute atomic E-state index is 12.2. The molecule has 0 aliphatic rings. The number of rotatable bonds is 5. The average Bonchev–Trinajstić information content (AvgIpc) is 2.48. The van der Waals surface area contributed by atoms with E-state index in [4.69, 9.17) is 9.84 Å². The van der Waals surface area contributed by atoms with Gasteiger partial charge in [0.2, 0.25) is 0 Å². The van der Waals surface area contributed by atoms with Gasteiger partial charge in [-0.25, -0.2) is 4.79 Å². The molecule has 0 saturated heterocycles. The molecule has 108 valence electrons. The summed E-state index contributed by atoms with van der Waals surface area (Å²) in [4.78, 5) is 26.9. The van der Waals surface area contributed by atoms with E-state index in [2.05, 4.69) is 10.3 Å². The van der Waals surface area contributed by atoms with Crippen LogP contribution in [0.1, 0.15) is 27.6 Å². The van der Waals surface area contributed by atoms with Gasteiger partial charge in [-0.2, -0.15) is 0 Å². The number of carboxylic acid groups (broad SMARTS) is 1. The molecule has 21 heavy (non-hydrogen) atoms. The Bertz CT molecular complexity index is 670. The van der Waals surface area contributed by atoms with E-state index in [0.29, 0.717) is 23.6 Å². The highest BCUT2D eigenvalue weighted by molar-refractivity contribution is 6.06. The van der Waals surface area contributed by atoms with E-state index in [-0.39, 0.29) is 11.5 Å². The number of pyridine rings is 1. The van der Waals surface area contributed by atoms with E-state index in [1.165, 1.54) is 18.5 Å². The van der Waals surface area contributed by atoms with Gasteiger partial charge in [-0.15, -0.1) is 0 Å². The Morgan fingerprint density at radius 1 is 1.29 bits per heavy atom. The Labute approximate surface area is 121 Å². The Hall–Kier alpha value is -2.89. The molecule has 2 aromatic rings. The summed E-state index contributed by atoms with van der Waals surface area (Å²) in [6.07, 6.45) is 2.60. The van der Waals surface area contributed by atoms with Gasteiger partial charge in [-0.1, -0.05) is 12.1 Å². The van der Waals surface area contributed by atoms with Crippen molar-refractivity contribution in [1.82, 2.24) is 4.98 Å². The highest BCUT2D eigenvalue weighted by atomic mass is 16.5. The Morgan fingerprint density at radius 2 is 2.05 bits per heavy atom. The van der Waals surface area contributed by atoms with E-state index < -0.39 is 5.97 Å². The van der Waals surface area contributed by atoms with Gasteiger partial charge in [0.05, 0.1) is 29.6 Å². The van der Waals surface area contributed by atoms with Gasteiger partial charge < -0.3 is 15.2 Å². The topological polar surface area (TPSA) is 88.5 Å². The zero-order chi connectivity index (χ0) is 15.2. The van der Waals surface area contributed by atoms with Crippen molar-refractivity contribution < 1.29 is 19.4 Å². The lowest BCUT2D eigenvalue weighted by atomic mass is 10.2. The molecule has 0 saturated carbocycles.